The molecule has 8 heteroatoms. The lowest BCUT2D eigenvalue weighted by molar-refractivity contribution is -0.139. The molecular formula is C24H26N4O4. The minimum absolute atomic E-state index is 0.0703. The van der Waals surface area contributed by atoms with Gasteiger partial charge in [-0.15, -0.1) is 0 Å². The average molecular weight is 434 g/mol. The van der Waals surface area contributed by atoms with Gasteiger partial charge in [0.25, 0.3) is 11.8 Å². The van der Waals surface area contributed by atoms with Gasteiger partial charge in [0.05, 0.1) is 6.54 Å². The minimum atomic E-state index is -1.18. The second kappa shape index (κ2) is 8.84. The second-order valence-corrected chi connectivity index (χ2v) is 7.99. The van der Waals surface area contributed by atoms with Crippen molar-refractivity contribution in [2.24, 2.45) is 0 Å². The number of hydrogen-bond donors (Lipinski definition) is 3. The molecule has 166 valence electrons. The summed E-state index contributed by atoms with van der Waals surface area (Å²) in [6, 6.07) is 15.4. The lowest BCUT2D eigenvalue weighted by Gasteiger charge is -2.27. The van der Waals surface area contributed by atoms with E-state index in [1.165, 1.54) is 0 Å². The third kappa shape index (κ3) is 4.09. The number of phenolic OH excluding ortho intramolecular Hbond substituents is 1. The summed E-state index contributed by atoms with van der Waals surface area (Å²) in [4.78, 5) is 40.2. The van der Waals surface area contributed by atoms with Crippen molar-refractivity contribution < 1.29 is 19.5 Å². The molecule has 0 spiro atoms. The normalized spacial score (nSPS) is 21.3. The Morgan fingerprint density at radius 1 is 1.12 bits per heavy atom. The van der Waals surface area contributed by atoms with Crippen molar-refractivity contribution in [1.29, 1.82) is 0 Å². The number of hydrazine groups is 1. The van der Waals surface area contributed by atoms with Crippen molar-refractivity contribution >= 4 is 23.4 Å². The highest BCUT2D eigenvalue weighted by atomic mass is 16.3. The summed E-state index contributed by atoms with van der Waals surface area (Å²) in [7, 11) is 0. The predicted octanol–water partition coefficient (Wildman–Crippen LogP) is 2.37. The molecule has 0 aliphatic carbocycles. The molecule has 0 aromatic heterocycles. The van der Waals surface area contributed by atoms with E-state index in [2.05, 4.69) is 10.7 Å². The molecule has 2 aliphatic heterocycles. The monoisotopic (exact) mass is 434 g/mol. The van der Waals surface area contributed by atoms with Crippen molar-refractivity contribution in [3.63, 3.8) is 0 Å². The van der Waals surface area contributed by atoms with Crippen molar-refractivity contribution in [3.8, 4) is 5.75 Å². The molecule has 1 atom stereocenters. The summed E-state index contributed by atoms with van der Waals surface area (Å²) in [5.74, 6) is -0.684. The van der Waals surface area contributed by atoms with E-state index in [1.807, 2.05) is 48.2 Å². The summed E-state index contributed by atoms with van der Waals surface area (Å²) in [5.41, 5.74) is 4.18. The van der Waals surface area contributed by atoms with E-state index in [9.17, 15) is 19.5 Å². The smallest absolute Gasteiger partial charge is 0.344 e. The average Bonchev–Trinajstić information content (AvgIpc) is 3.06. The Kier molecular flexibility index (Phi) is 5.96. The first-order chi connectivity index (χ1) is 15.4. The number of nitrogens with zero attached hydrogens (tertiary/aromatic N) is 2. The summed E-state index contributed by atoms with van der Waals surface area (Å²) >= 11 is 0. The molecule has 0 radical (unpaired) electrons. The zero-order valence-electron chi connectivity index (χ0n) is 17.9. The van der Waals surface area contributed by atoms with Crippen LogP contribution in [0.25, 0.3) is 5.57 Å². The molecule has 2 heterocycles. The highest BCUT2D eigenvalue weighted by molar-refractivity contribution is 6.08. The third-order valence-electron chi connectivity index (χ3n) is 6.02. The highest BCUT2D eigenvalue weighted by Gasteiger charge is 2.52. The van der Waals surface area contributed by atoms with E-state index in [4.69, 9.17) is 0 Å². The number of amides is 4. The van der Waals surface area contributed by atoms with Crippen LogP contribution in [0.1, 0.15) is 30.9 Å². The fraction of sp³-hybridized carbons (Fsp3) is 0.292. The first-order valence-corrected chi connectivity index (χ1v) is 10.7. The molecule has 8 nitrogen and oxygen atoms in total. The number of imide groups is 1. The number of rotatable bonds is 6. The Hall–Kier alpha value is -3.65. The van der Waals surface area contributed by atoms with Gasteiger partial charge in [-0.3, -0.25) is 19.9 Å². The van der Waals surface area contributed by atoms with Gasteiger partial charge in [0.2, 0.25) is 0 Å². The first kappa shape index (κ1) is 21.6. The summed E-state index contributed by atoms with van der Waals surface area (Å²) < 4.78 is 0. The van der Waals surface area contributed by atoms with E-state index >= 15 is 0 Å². The topological polar surface area (TPSA) is 102 Å². The number of hydrogen-bond acceptors (Lipinski definition) is 5. The maximum atomic E-state index is 13.1. The van der Waals surface area contributed by atoms with Gasteiger partial charge in [-0.2, -0.15) is 5.01 Å². The molecule has 2 aliphatic rings. The first-order valence-electron chi connectivity index (χ1n) is 10.7. The van der Waals surface area contributed by atoms with Crippen LogP contribution in [0.5, 0.6) is 5.75 Å². The summed E-state index contributed by atoms with van der Waals surface area (Å²) in [6.45, 7) is 3.14. The summed E-state index contributed by atoms with van der Waals surface area (Å²) in [6.07, 6.45) is 3.17. The minimum Gasteiger partial charge on any atom is -0.508 e. The van der Waals surface area contributed by atoms with Crippen LogP contribution in [-0.2, 0) is 15.1 Å². The van der Waals surface area contributed by atoms with Crippen molar-refractivity contribution in [3.05, 3.63) is 71.8 Å². The van der Waals surface area contributed by atoms with Gasteiger partial charge in [-0.25, -0.2) is 4.79 Å². The lowest BCUT2D eigenvalue weighted by Crippen LogP contribution is -2.51. The van der Waals surface area contributed by atoms with E-state index in [-0.39, 0.29) is 12.3 Å². The Bertz CT molecular complexity index is 1050. The Morgan fingerprint density at radius 2 is 1.84 bits per heavy atom. The highest BCUT2D eigenvalue weighted by Crippen LogP contribution is 2.31. The van der Waals surface area contributed by atoms with E-state index in [0.717, 1.165) is 22.6 Å². The van der Waals surface area contributed by atoms with Crippen LogP contribution in [-0.4, -0.2) is 52.5 Å². The van der Waals surface area contributed by atoms with Crippen LogP contribution in [0.3, 0.4) is 0 Å². The third-order valence-corrected chi connectivity index (χ3v) is 6.02. The molecule has 4 amide bonds. The molecule has 0 bridgehead atoms. The van der Waals surface area contributed by atoms with Gasteiger partial charge in [-0.1, -0.05) is 55.5 Å². The van der Waals surface area contributed by atoms with Gasteiger partial charge in [0.1, 0.15) is 11.3 Å². The van der Waals surface area contributed by atoms with Crippen molar-refractivity contribution in [2.75, 3.05) is 19.6 Å². The van der Waals surface area contributed by atoms with Crippen LogP contribution in [0, 0.1) is 0 Å². The largest absolute Gasteiger partial charge is 0.508 e. The molecule has 1 saturated heterocycles. The fourth-order valence-electron chi connectivity index (χ4n) is 4.19. The SMILES string of the molecule is CCC1(c2ccccc2)NC(=O)N(NC(=O)CN2CC=C(c3ccc(O)cc3)CC2)C1=O. The zero-order chi connectivity index (χ0) is 22.7. The number of phenols is 1. The maximum absolute atomic E-state index is 13.1. The van der Waals surface area contributed by atoms with E-state index in [1.54, 1.807) is 24.3 Å². The Labute approximate surface area is 186 Å². The fourth-order valence-corrected chi connectivity index (χ4v) is 4.19. The van der Waals surface area contributed by atoms with Gasteiger partial charge in [0, 0.05) is 13.1 Å². The van der Waals surface area contributed by atoms with Crippen LogP contribution in [0.2, 0.25) is 0 Å². The number of benzene rings is 2. The van der Waals surface area contributed by atoms with Gasteiger partial charge in [-0.05, 0) is 41.7 Å². The van der Waals surface area contributed by atoms with Gasteiger partial charge in [0.15, 0.2) is 0 Å². The molecule has 0 saturated carbocycles. The molecule has 4 rings (SSSR count). The van der Waals surface area contributed by atoms with Crippen LogP contribution in [0.15, 0.2) is 60.7 Å². The molecule has 1 fully saturated rings. The lowest BCUT2D eigenvalue weighted by atomic mass is 9.87. The number of aromatic hydroxyl groups is 1. The number of urea groups is 1. The molecule has 3 N–H and O–H groups in total. The maximum Gasteiger partial charge on any atom is 0.344 e. The van der Waals surface area contributed by atoms with Crippen molar-refractivity contribution in [2.45, 2.75) is 25.3 Å². The molecule has 2 aromatic rings. The Balaban J connectivity index is 1.38. The van der Waals surface area contributed by atoms with Crippen LogP contribution in [0.4, 0.5) is 4.79 Å². The molecule has 2 aromatic carbocycles. The van der Waals surface area contributed by atoms with Crippen LogP contribution >= 0.6 is 0 Å². The quantitative estimate of drug-likeness (QED) is 0.606. The standard InChI is InChI=1S/C24H26N4O4/c1-2-24(19-6-4-3-5-7-19)22(31)28(23(32)25-24)26-21(30)16-27-14-12-18(13-15-27)17-8-10-20(29)11-9-17/h3-12,29H,2,13-16H2,1H3,(H,25,32)(H,26,30). The number of carbonyl (C=O) groups is 3. The van der Waals surface area contributed by atoms with E-state index in [0.29, 0.717) is 25.1 Å². The van der Waals surface area contributed by atoms with Crippen LogP contribution < -0.4 is 10.7 Å². The zero-order valence-corrected chi connectivity index (χ0v) is 17.9. The van der Waals surface area contributed by atoms with E-state index < -0.39 is 23.4 Å². The Morgan fingerprint density at radius 3 is 2.47 bits per heavy atom. The van der Waals surface area contributed by atoms with Gasteiger partial charge < -0.3 is 10.4 Å². The predicted molar refractivity (Wildman–Crippen MR) is 119 cm³/mol. The summed E-state index contributed by atoms with van der Waals surface area (Å²) in [5, 5.41) is 13.0. The molecular weight excluding hydrogens is 408 g/mol. The van der Waals surface area contributed by atoms with Gasteiger partial charge >= 0.3 is 6.03 Å². The van der Waals surface area contributed by atoms with Crippen molar-refractivity contribution in [1.82, 2.24) is 20.7 Å². The number of nitrogens with one attached hydrogen (secondary N) is 2. The molecule has 1 unspecified atom stereocenters. The number of carbonyl (C=O) groups excluding carboxylic acids is 3. The second-order valence-electron chi connectivity index (χ2n) is 7.99. The molecule has 32 heavy (non-hydrogen) atoms.